The van der Waals surface area contributed by atoms with Crippen molar-refractivity contribution in [1.82, 2.24) is 4.90 Å². The molecule has 0 amide bonds. The smallest absolute Gasteiger partial charge is 0.0701 e. The summed E-state index contributed by atoms with van der Waals surface area (Å²) < 4.78 is 1.20. The van der Waals surface area contributed by atoms with E-state index in [4.69, 9.17) is 5.73 Å². The van der Waals surface area contributed by atoms with E-state index < -0.39 is 0 Å². The van der Waals surface area contributed by atoms with Crippen molar-refractivity contribution in [2.75, 3.05) is 13.6 Å². The molecular weight excluding hydrogens is 272 g/mol. The molecule has 0 aliphatic carbocycles. The van der Waals surface area contributed by atoms with Gasteiger partial charge < -0.3 is 10.6 Å². The number of halogens is 1. The molecule has 86 valence electrons. The average Bonchev–Trinajstić information content (AvgIpc) is 2.60. The second-order valence-electron chi connectivity index (χ2n) is 3.95. The highest BCUT2D eigenvalue weighted by atomic mass is 79.9. The molecular formula is C11H19BrN2S. The van der Waals surface area contributed by atoms with E-state index in [0.29, 0.717) is 6.04 Å². The number of rotatable bonds is 6. The summed E-state index contributed by atoms with van der Waals surface area (Å²) in [5, 5.41) is 2.19. The molecule has 0 radical (unpaired) electrons. The van der Waals surface area contributed by atoms with Crippen LogP contribution in [0.2, 0.25) is 0 Å². The first-order chi connectivity index (χ1) is 7.11. The van der Waals surface area contributed by atoms with Gasteiger partial charge in [-0.15, -0.1) is 11.3 Å². The van der Waals surface area contributed by atoms with Crippen LogP contribution in [0.15, 0.2) is 15.2 Å². The van der Waals surface area contributed by atoms with Gasteiger partial charge in [0.1, 0.15) is 0 Å². The summed E-state index contributed by atoms with van der Waals surface area (Å²) in [4.78, 5) is 2.32. The first-order valence-electron chi connectivity index (χ1n) is 5.28. The SMILES string of the molecule is CCC(N)CCN(C)Cc1csc(Br)c1. The van der Waals surface area contributed by atoms with Crippen LogP contribution in [-0.4, -0.2) is 24.5 Å². The van der Waals surface area contributed by atoms with Gasteiger partial charge in [-0.3, -0.25) is 0 Å². The summed E-state index contributed by atoms with van der Waals surface area (Å²) in [5.41, 5.74) is 7.26. The van der Waals surface area contributed by atoms with Crippen molar-refractivity contribution in [2.24, 2.45) is 5.73 Å². The zero-order chi connectivity index (χ0) is 11.3. The van der Waals surface area contributed by atoms with Crippen molar-refractivity contribution in [3.63, 3.8) is 0 Å². The minimum atomic E-state index is 0.349. The van der Waals surface area contributed by atoms with Crippen molar-refractivity contribution in [3.05, 3.63) is 20.8 Å². The Kier molecular flexibility index (Phi) is 5.82. The predicted octanol–water partition coefficient (Wildman–Crippen LogP) is 3.07. The summed E-state index contributed by atoms with van der Waals surface area (Å²) in [6.45, 7) is 4.22. The second-order valence-corrected chi connectivity index (χ2v) is 6.24. The summed E-state index contributed by atoms with van der Waals surface area (Å²) in [6.07, 6.45) is 2.15. The Morgan fingerprint density at radius 1 is 1.60 bits per heavy atom. The fraction of sp³-hybridized carbons (Fsp3) is 0.636. The molecule has 0 saturated heterocycles. The van der Waals surface area contributed by atoms with E-state index >= 15 is 0 Å². The van der Waals surface area contributed by atoms with Gasteiger partial charge in [0.2, 0.25) is 0 Å². The number of nitrogens with two attached hydrogens (primary N) is 1. The highest BCUT2D eigenvalue weighted by Gasteiger charge is 2.05. The van der Waals surface area contributed by atoms with Gasteiger partial charge >= 0.3 is 0 Å². The lowest BCUT2D eigenvalue weighted by Gasteiger charge is -2.17. The summed E-state index contributed by atoms with van der Waals surface area (Å²) in [6, 6.07) is 2.53. The zero-order valence-electron chi connectivity index (χ0n) is 9.37. The Bertz CT molecular complexity index is 288. The maximum atomic E-state index is 5.89. The lowest BCUT2D eigenvalue weighted by Crippen LogP contribution is -2.27. The molecule has 0 spiro atoms. The van der Waals surface area contributed by atoms with E-state index in [9.17, 15) is 0 Å². The molecule has 2 N–H and O–H groups in total. The van der Waals surface area contributed by atoms with Crippen LogP contribution in [0.1, 0.15) is 25.3 Å². The molecule has 0 saturated carbocycles. The van der Waals surface area contributed by atoms with Crippen molar-refractivity contribution < 1.29 is 0 Å². The molecule has 1 aromatic heterocycles. The maximum absolute atomic E-state index is 5.89. The second kappa shape index (κ2) is 6.63. The predicted molar refractivity (Wildman–Crippen MR) is 71.2 cm³/mol. The monoisotopic (exact) mass is 290 g/mol. The fourth-order valence-electron chi connectivity index (χ4n) is 1.41. The third-order valence-electron chi connectivity index (χ3n) is 2.48. The van der Waals surface area contributed by atoms with E-state index in [1.54, 1.807) is 11.3 Å². The molecule has 1 unspecified atom stereocenters. The summed E-state index contributed by atoms with van der Waals surface area (Å²) in [7, 11) is 2.15. The lowest BCUT2D eigenvalue weighted by atomic mass is 10.1. The molecule has 2 nitrogen and oxygen atoms in total. The number of hydrogen-bond acceptors (Lipinski definition) is 3. The maximum Gasteiger partial charge on any atom is 0.0701 e. The van der Waals surface area contributed by atoms with Crippen LogP contribution in [0.25, 0.3) is 0 Å². The van der Waals surface area contributed by atoms with Crippen LogP contribution in [0.5, 0.6) is 0 Å². The number of hydrogen-bond donors (Lipinski definition) is 1. The molecule has 15 heavy (non-hydrogen) atoms. The molecule has 1 atom stereocenters. The van der Waals surface area contributed by atoms with Crippen LogP contribution in [-0.2, 0) is 6.54 Å². The third kappa shape index (κ3) is 5.11. The molecule has 1 heterocycles. The fourth-order valence-corrected chi connectivity index (χ4v) is 2.61. The van der Waals surface area contributed by atoms with E-state index in [-0.39, 0.29) is 0 Å². The van der Waals surface area contributed by atoms with E-state index in [1.807, 2.05) is 0 Å². The van der Waals surface area contributed by atoms with Gasteiger partial charge in [-0.2, -0.15) is 0 Å². The van der Waals surface area contributed by atoms with Crippen molar-refractivity contribution in [3.8, 4) is 0 Å². The van der Waals surface area contributed by atoms with Crippen LogP contribution in [0, 0.1) is 0 Å². The van der Waals surface area contributed by atoms with E-state index in [2.05, 4.69) is 46.2 Å². The van der Waals surface area contributed by atoms with Gasteiger partial charge in [-0.1, -0.05) is 6.92 Å². The van der Waals surface area contributed by atoms with Gasteiger partial charge in [-0.25, -0.2) is 0 Å². The van der Waals surface area contributed by atoms with Crippen LogP contribution in [0.3, 0.4) is 0 Å². The van der Waals surface area contributed by atoms with E-state index in [1.165, 1.54) is 9.35 Å². The highest BCUT2D eigenvalue weighted by molar-refractivity contribution is 9.11. The minimum absolute atomic E-state index is 0.349. The largest absolute Gasteiger partial charge is 0.328 e. The first-order valence-corrected chi connectivity index (χ1v) is 6.96. The normalized spacial score (nSPS) is 13.4. The Morgan fingerprint density at radius 3 is 2.87 bits per heavy atom. The molecule has 1 rings (SSSR count). The Hall–Kier alpha value is 0.100. The molecule has 0 bridgehead atoms. The van der Waals surface area contributed by atoms with Crippen LogP contribution in [0.4, 0.5) is 0 Å². The number of thiophene rings is 1. The lowest BCUT2D eigenvalue weighted by molar-refractivity contribution is 0.309. The van der Waals surface area contributed by atoms with Crippen molar-refractivity contribution in [2.45, 2.75) is 32.4 Å². The highest BCUT2D eigenvalue weighted by Crippen LogP contribution is 2.21. The quantitative estimate of drug-likeness (QED) is 0.872. The summed E-state index contributed by atoms with van der Waals surface area (Å²) in [5.74, 6) is 0. The average molecular weight is 291 g/mol. The molecule has 0 aliphatic heterocycles. The van der Waals surface area contributed by atoms with Crippen molar-refractivity contribution >= 4 is 27.3 Å². The molecule has 0 aromatic carbocycles. The Labute approximate surface area is 105 Å². The van der Waals surface area contributed by atoms with Gasteiger partial charge in [0.25, 0.3) is 0 Å². The Morgan fingerprint density at radius 2 is 2.33 bits per heavy atom. The van der Waals surface area contributed by atoms with Crippen LogP contribution < -0.4 is 5.73 Å². The molecule has 1 aromatic rings. The molecule has 0 aliphatic rings. The number of nitrogens with zero attached hydrogens (tertiary/aromatic N) is 1. The topological polar surface area (TPSA) is 29.3 Å². The van der Waals surface area contributed by atoms with Crippen LogP contribution >= 0.6 is 27.3 Å². The van der Waals surface area contributed by atoms with Gasteiger partial charge in [0.05, 0.1) is 3.79 Å². The van der Waals surface area contributed by atoms with E-state index in [0.717, 1.165) is 25.9 Å². The van der Waals surface area contributed by atoms with Gasteiger partial charge in [-0.05, 0) is 59.4 Å². The third-order valence-corrected chi connectivity index (χ3v) is 4.03. The molecule has 0 fully saturated rings. The summed E-state index contributed by atoms with van der Waals surface area (Å²) >= 11 is 5.22. The molecule has 4 heteroatoms. The van der Waals surface area contributed by atoms with Crippen molar-refractivity contribution in [1.29, 1.82) is 0 Å². The standard InChI is InChI=1S/C11H19BrN2S/c1-3-10(13)4-5-14(2)7-9-6-11(12)15-8-9/h6,8,10H,3-5,7,13H2,1-2H3. The first kappa shape index (κ1) is 13.2. The van der Waals surface area contributed by atoms with Gasteiger partial charge in [0, 0.05) is 12.6 Å². The van der Waals surface area contributed by atoms with Gasteiger partial charge in [0.15, 0.2) is 0 Å². The zero-order valence-corrected chi connectivity index (χ0v) is 11.8. The minimum Gasteiger partial charge on any atom is -0.328 e. The Balaban J connectivity index is 2.27.